The van der Waals surface area contributed by atoms with Gasteiger partial charge in [0.25, 0.3) is 5.56 Å². The lowest BCUT2D eigenvalue weighted by Crippen LogP contribution is -2.51. The van der Waals surface area contributed by atoms with Gasteiger partial charge in [0, 0.05) is 25.1 Å². The predicted molar refractivity (Wildman–Crippen MR) is 59.2 cm³/mol. The molecule has 3 N–H and O–H groups in total. The second kappa shape index (κ2) is 4.02. The zero-order valence-corrected chi connectivity index (χ0v) is 9.00. The molecule has 5 nitrogen and oxygen atoms in total. The van der Waals surface area contributed by atoms with Crippen molar-refractivity contribution < 1.29 is 0 Å². The van der Waals surface area contributed by atoms with Gasteiger partial charge < -0.3 is 15.6 Å². The van der Waals surface area contributed by atoms with Gasteiger partial charge in [-0.05, 0) is 0 Å². The van der Waals surface area contributed by atoms with E-state index in [1.165, 1.54) is 6.07 Å². The second-order valence-electron chi connectivity index (χ2n) is 4.17. The van der Waals surface area contributed by atoms with Crippen molar-refractivity contribution >= 4 is 5.82 Å². The summed E-state index contributed by atoms with van der Waals surface area (Å²) in [6.07, 6.45) is 0. The van der Waals surface area contributed by atoms with Gasteiger partial charge in [0.05, 0.1) is 6.04 Å². The normalized spacial score (nSPS) is 16.5. The first-order chi connectivity index (χ1) is 7.15. The van der Waals surface area contributed by atoms with Crippen LogP contribution in [0.4, 0.5) is 5.82 Å². The first kappa shape index (κ1) is 10.2. The van der Waals surface area contributed by atoms with Crippen molar-refractivity contribution in [3.63, 3.8) is 0 Å². The Hall–Kier alpha value is -1.36. The lowest BCUT2D eigenvalue weighted by molar-refractivity contribution is 0.470. The number of anilines is 1. The van der Waals surface area contributed by atoms with E-state index in [0.717, 1.165) is 18.9 Å². The average Bonchev–Trinajstić information content (AvgIpc) is 2.10. The maximum absolute atomic E-state index is 11.4. The summed E-state index contributed by atoms with van der Waals surface area (Å²) >= 11 is 0. The summed E-state index contributed by atoms with van der Waals surface area (Å²) < 4.78 is 0. The van der Waals surface area contributed by atoms with Gasteiger partial charge in [0.1, 0.15) is 11.6 Å². The molecule has 1 saturated heterocycles. The minimum absolute atomic E-state index is 0.0940. The molecule has 1 aromatic heterocycles. The molecule has 0 atom stereocenters. The topological polar surface area (TPSA) is 69.8 Å². The highest BCUT2D eigenvalue weighted by molar-refractivity contribution is 5.35. The first-order valence-corrected chi connectivity index (χ1v) is 5.23. The fourth-order valence-corrected chi connectivity index (χ4v) is 1.42. The molecule has 0 saturated carbocycles. The van der Waals surface area contributed by atoms with E-state index in [0.29, 0.717) is 11.9 Å². The third kappa shape index (κ3) is 2.36. The molecule has 2 heterocycles. The third-order valence-corrected chi connectivity index (χ3v) is 2.44. The van der Waals surface area contributed by atoms with Crippen molar-refractivity contribution in [2.24, 2.45) is 0 Å². The van der Waals surface area contributed by atoms with Crippen LogP contribution in [0.5, 0.6) is 0 Å². The van der Waals surface area contributed by atoms with E-state index < -0.39 is 0 Å². The van der Waals surface area contributed by atoms with Gasteiger partial charge >= 0.3 is 0 Å². The van der Waals surface area contributed by atoms with Crippen molar-refractivity contribution in [2.45, 2.75) is 25.8 Å². The molecule has 2 rings (SSSR count). The van der Waals surface area contributed by atoms with Crippen molar-refractivity contribution in [1.29, 1.82) is 0 Å². The molecule has 0 aliphatic carbocycles. The van der Waals surface area contributed by atoms with E-state index in [1.807, 2.05) is 13.8 Å². The van der Waals surface area contributed by atoms with E-state index in [1.54, 1.807) is 0 Å². The summed E-state index contributed by atoms with van der Waals surface area (Å²) in [5, 5.41) is 6.38. The summed E-state index contributed by atoms with van der Waals surface area (Å²) in [6, 6.07) is 1.91. The highest BCUT2D eigenvalue weighted by Crippen LogP contribution is 2.10. The Morgan fingerprint density at radius 1 is 1.53 bits per heavy atom. The second-order valence-corrected chi connectivity index (χ2v) is 4.17. The zero-order valence-electron chi connectivity index (χ0n) is 9.00. The molecule has 0 radical (unpaired) electrons. The van der Waals surface area contributed by atoms with Gasteiger partial charge in [-0.2, -0.15) is 0 Å². The van der Waals surface area contributed by atoms with Crippen LogP contribution in [-0.2, 0) is 0 Å². The molecule has 0 bridgehead atoms. The maximum atomic E-state index is 11.4. The Bertz CT molecular complexity index is 395. The van der Waals surface area contributed by atoms with Gasteiger partial charge in [-0.25, -0.2) is 4.98 Å². The molecule has 1 aliphatic heterocycles. The molecule has 1 aromatic rings. The summed E-state index contributed by atoms with van der Waals surface area (Å²) in [5.74, 6) is 1.64. The number of H-pyrrole nitrogens is 1. The van der Waals surface area contributed by atoms with E-state index in [4.69, 9.17) is 0 Å². The van der Waals surface area contributed by atoms with E-state index in [-0.39, 0.29) is 11.5 Å². The van der Waals surface area contributed by atoms with Crippen LogP contribution in [0.2, 0.25) is 0 Å². The third-order valence-electron chi connectivity index (χ3n) is 2.44. The van der Waals surface area contributed by atoms with Crippen LogP contribution in [0.25, 0.3) is 0 Å². The quantitative estimate of drug-likeness (QED) is 0.667. The van der Waals surface area contributed by atoms with Gasteiger partial charge in [-0.3, -0.25) is 4.79 Å². The van der Waals surface area contributed by atoms with Crippen LogP contribution in [0, 0.1) is 0 Å². The largest absolute Gasteiger partial charge is 0.365 e. The minimum atomic E-state index is -0.0940. The van der Waals surface area contributed by atoms with Crippen molar-refractivity contribution in [1.82, 2.24) is 15.3 Å². The van der Waals surface area contributed by atoms with Gasteiger partial charge in [0.2, 0.25) is 0 Å². The number of nitrogens with one attached hydrogen (secondary N) is 3. The predicted octanol–water partition coefficient (Wildman–Crippen LogP) is 0.277. The molecule has 0 amide bonds. The van der Waals surface area contributed by atoms with E-state index in [2.05, 4.69) is 20.6 Å². The molecular weight excluding hydrogens is 192 g/mol. The number of hydrogen-bond donors (Lipinski definition) is 3. The van der Waals surface area contributed by atoms with Gasteiger partial charge in [0.15, 0.2) is 0 Å². The number of aromatic nitrogens is 2. The SMILES string of the molecule is CC(C)c1nc(NC2CNC2)cc(=O)[nH]1. The zero-order chi connectivity index (χ0) is 10.8. The van der Waals surface area contributed by atoms with Crippen molar-refractivity contribution in [3.8, 4) is 0 Å². The van der Waals surface area contributed by atoms with Gasteiger partial charge in [-0.15, -0.1) is 0 Å². The number of nitrogens with zero attached hydrogens (tertiary/aromatic N) is 1. The first-order valence-electron chi connectivity index (χ1n) is 5.23. The standard InChI is InChI=1S/C10H16N4O/c1-6(2)10-13-8(3-9(15)14-10)12-7-4-11-5-7/h3,6-7,11H,4-5H2,1-2H3,(H2,12,13,14,15). The molecular formula is C10H16N4O. The molecule has 82 valence electrons. The summed E-state index contributed by atoms with van der Waals surface area (Å²) in [6.45, 7) is 5.89. The van der Waals surface area contributed by atoms with Crippen LogP contribution in [0.1, 0.15) is 25.6 Å². The molecule has 1 fully saturated rings. The lowest BCUT2D eigenvalue weighted by Gasteiger charge is -2.28. The lowest BCUT2D eigenvalue weighted by atomic mass is 10.2. The Kier molecular flexibility index (Phi) is 2.73. The van der Waals surface area contributed by atoms with Crippen LogP contribution >= 0.6 is 0 Å². The molecule has 15 heavy (non-hydrogen) atoms. The molecule has 1 aliphatic rings. The summed E-state index contributed by atoms with van der Waals surface area (Å²) in [7, 11) is 0. The van der Waals surface area contributed by atoms with Crippen LogP contribution in [0.15, 0.2) is 10.9 Å². The number of aromatic amines is 1. The van der Waals surface area contributed by atoms with Crippen LogP contribution < -0.4 is 16.2 Å². The summed E-state index contributed by atoms with van der Waals surface area (Å²) in [4.78, 5) is 18.4. The highest BCUT2D eigenvalue weighted by Gasteiger charge is 2.17. The number of rotatable bonds is 3. The van der Waals surface area contributed by atoms with E-state index >= 15 is 0 Å². The fourth-order valence-electron chi connectivity index (χ4n) is 1.42. The molecule has 5 heteroatoms. The molecule has 0 aromatic carbocycles. The van der Waals surface area contributed by atoms with Crippen molar-refractivity contribution in [2.75, 3.05) is 18.4 Å². The fraction of sp³-hybridized carbons (Fsp3) is 0.600. The Morgan fingerprint density at radius 2 is 2.27 bits per heavy atom. The average molecular weight is 208 g/mol. The monoisotopic (exact) mass is 208 g/mol. The van der Waals surface area contributed by atoms with E-state index in [9.17, 15) is 4.79 Å². The Balaban J connectivity index is 2.18. The maximum Gasteiger partial charge on any atom is 0.252 e. The van der Waals surface area contributed by atoms with Crippen LogP contribution in [0.3, 0.4) is 0 Å². The molecule has 0 unspecified atom stereocenters. The smallest absolute Gasteiger partial charge is 0.252 e. The van der Waals surface area contributed by atoms with Crippen LogP contribution in [-0.4, -0.2) is 29.1 Å². The highest BCUT2D eigenvalue weighted by atomic mass is 16.1. The Morgan fingerprint density at radius 3 is 2.80 bits per heavy atom. The van der Waals surface area contributed by atoms with Crippen molar-refractivity contribution in [3.05, 3.63) is 22.2 Å². The minimum Gasteiger partial charge on any atom is -0.365 e. The Labute approximate surface area is 88.3 Å². The van der Waals surface area contributed by atoms with Gasteiger partial charge in [-0.1, -0.05) is 13.8 Å². The summed E-state index contributed by atoms with van der Waals surface area (Å²) in [5.41, 5.74) is -0.0940. The molecule has 0 spiro atoms. The number of hydrogen-bond acceptors (Lipinski definition) is 4.